The second-order valence-corrected chi connectivity index (χ2v) is 6.09. The van der Waals surface area contributed by atoms with Crippen LogP contribution < -0.4 is 5.32 Å². The smallest absolute Gasteiger partial charge is 0.255 e. The summed E-state index contributed by atoms with van der Waals surface area (Å²) in [6, 6.07) is 19.0. The number of fused-ring (bicyclic) bond motifs is 1. The van der Waals surface area contributed by atoms with E-state index in [4.69, 9.17) is 0 Å². The first kappa shape index (κ1) is 16.0. The number of aryl methyl sites for hydroxylation is 1. The number of nitrogens with one attached hydrogen (secondary N) is 2. The normalized spacial score (nSPS) is 10.8. The van der Waals surface area contributed by atoms with Crippen molar-refractivity contribution in [2.45, 2.75) is 6.92 Å². The fraction of sp³-hybridized carbons (Fsp3) is 0.0476. The maximum Gasteiger partial charge on any atom is 0.255 e. The van der Waals surface area contributed by atoms with Crippen LogP contribution in [0.15, 0.2) is 66.7 Å². The molecule has 0 spiro atoms. The molecule has 0 unspecified atom stereocenters. The van der Waals surface area contributed by atoms with Crippen molar-refractivity contribution in [2.75, 3.05) is 5.32 Å². The van der Waals surface area contributed by atoms with Crippen molar-refractivity contribution in [1.82, 2.24) is 9.97 Å². The van der Waals surface area contributed by atoms with Crippen LogP contribution >= 0.6 is 0 Å². The number of nitrogens with zero attached hydrogens (tertiary/aromatic N) is 1. The SMILES string of the molecule is Cc1cc(-c2nc3ccccc3[nH]2)ccc1NC(=O)c1ccc(F)cc1. The van der Waals surface area contributed by atoms with Crippen molar-refractivity contribution < 1.29 is 9.18 Å². The molecule has 5 heteroatoms. The minimum atomic E-state index is -0.368. The summed E-state index contributed by atoms with van der Waals surface area (Å²) in [5.74, 6) is 0.142. The summed E-state index contributed by atoms with van der Waals surface area (Å²) in [5, 5.41) is 2.86. The minimum absolute atomic E-state index is 0.274. The van der Waals surface area contributed by atoms with E-state index in [1.54, 1.807) is 0 Å². The molecule has 26 heavy (non-hydrogen) atoms. The van der Waals surface area contributed by atoms with Crippen LogP contribution in [0.2, 0.25) is 0 Å². The molecule has 1 aromatic heterocycles. The topological polar surface area (TPSA) is 57.8 Å². The van der Waals surface area contributed by atoms with Gasteiger partial charge in [-0.3, -0.25) is 4.79 Å². The largest absolute Gasteiger partial charge is 0.338 e. The third kappa shape index (κ3) is 3.07. The number of para-hydroxylation sites is 2. The zero-order valence-corrected chi connectivity index (χ0v) is 14.1. The van der Waals surface area contributed by atoms with Gasteiger partial charge in [0.2, 0.25) is 0 Å². The molecule has 0 bridgehead atoms. The first-order chi connectivity index (χ1) is 12.6. The van der Waals surface area contributed by atoms with Gasteiger partial charge in [-0.05, 0) is 67.1 Å². The molecule has 0 aliphatic rings. The number of carbonyl (C=O) groups is 1. The van der Waals surface area contributed by atoms with Gasteiger partial charge >= 0.3 is 0 Å². The fourth-order valence-corrected chi connectivity index (χ4v) is 2.84. The van der Waals surface area contributed by atoms with Gasteiger partial charge in [-0.2, -0.15) is 0 Å². The summed E-state index contributed by atoms with van der Waals surface area (Å²) < 4.78 is 13.0. The monoisotopic (exact) mass is 345 g/mol. The van der Waals surface area contributed by atoms with Gasteiger partial charge in [-0.15, -0.1) is 0 Å². The number of carbonyl (C=O) groups excluding carboxylic acids is 1. The number of H-pyrrole nitrogens is 1. The van der Waals surface area contributed by atoms with Gasteiger partial charge in [0.1, 0.15) is 11.6 Å². The Kier molecular flexibility index (Phi) is 3.97. The number of halogens is 1. The van der Waals surface area contributed by atoms with Crippen molar-refractivity contribution in [3.8, 4) is 11.4 Å². The van der Waals surface area contributed by atoms with Crippen molar-refractivity contribution >= 4 is 22.6 Å². The lowest BCUT2D eigenvalue weighted by molar-refractivity contribution is 0.102. The number of benzene rings is 3. The van der Waals surface area contributed by atoms with Crippen LogP contribution in [0.25, 0.3) is 22.4 Å². The average Bonchev–Trinajstić information content (AvgIpc) is 3.08. The molecule has 0 aliphatic heterocycles. The average molecular weight is 345 g/mol. The molecule has 0 saturated carbocycles. The lowest BCUT2D eigenvalue weighted by Gasteiger charge is -2.10. The molecule has 2 N–H and O–H groups in total. The summed E-state index contributed by atoms with van der Waals surface area (Å²) in [6.45, 7) is 1.92. The molecule has 0 aliphatic carbocycles. The summed E-state index contributed by atoms with van der Waals surface area (Å²) in [7, 11) is 0. The molecular weight excluding hydrogens is 329 g/mol. The van der Waals surface area contributed by atoms with Gasteiger partial charge in [0, 0.05) is 16.8 Å². The van der Waals surface area contributed by atoms with E-state index in [1.807, 2.05) is 49.4 Å². The van der Waals surface area contributed by atoms with Crippen LogP contribution in [0.1, 0.15) is 15.9 Å². The summed E-state index contributed by atoms with van der Waals surface area (Å²) in [4.78, 5) is 20.2. The van der Waals surface area contributed by atoms with E-state index in [-0.39, 0.29) is 11.7 Å². The minimum Gasteiger partial charge on any atom is -0.338 e. The van der Waals surface area contributed by atoms with Crippen LogP contribution in [-0.2, 0) is 0 Å². The van der Waals surface area contributed by atoms with E-state index in [1.165, 1.54) is 24.3 Å². The number of hydrogen-bond donors (Lipinski definition) is 2. The molecule has 4 rings (SSSR count). The van der Waals surface area contributed by atoms with Crippen molar-refractivity contribution in [2.24, 2.45) is 0 Å². The summed E-state index contributed by atoms with van der Waals surface area (Å²) in [6.07, 6.45) is 0. The van der Waals surface area contributed by atoms with Crippen LogP contribution in [0.5, 0.6) is 0 Å². The maximum atomic E-state index is 13.0. The van der Waals surface area contributed by atoms with E-state index in [0.29, 0.717) is 11.3 Å². The summed E-state index contributed by atoms with van der Waals surface area (Å²) in [5.41, 5.74) is 4.87. The van der Waals surface area contributed by atoms with E-state index in [2.05, 4.69) is 15.3 Å². The Morgan fingerprint density at radius 3 is 2.54 bits per heavy atom. The molecule has 0 radical (unpaired) electrons. The highest BCUT2D eigenvalue weighted by atomic mass is 19.1. The molecule has 3 aromatic carbocycles. The van der Waals surface area contributed by atoms with Gasteiger partial charge in [-0.25, -0.2) is 9.37 Å². The molecule has 0 fully saturated rings. The predicted octanol–water partition coefficient (Wildman–Crippen LogP) is 4.93. The molecule has 0 atom stereocenters. The molecular formula is C21H16FN3O. The van der Waals surface area contributed by atoms with Crippen LogP contribution in [-0.4, -0.2) is 15.9 Å². The van der Waals surface area contributed by atoms with Gasteiger partial charge in [0.25, 0.3) is 5.91 Å². The molecule has 1 amide bonds. The summed E-state index contributed by atoms with van der Waals surface area (Å²) >= 11 is 0. The Bertz CT molecular complexity index is 1070. The Balaban J connectivity index is 1.59. The third-order valence-corrected chi connectivity index (χ3v) is 4.24. The highest BCUT2D eigenvalue weighted by Crippen LogP contribution is 2.25. The first-order valence-electron chi connectivity index (χ1n) is 8.23. The van der Waals surface area contributed by atoms with Gasteiger partial charge in [-0.1, -0.05) is 12.1 Å². The maximum absolute atomic E-state index is 13.0. The van der Waals surface area contributed by atoms with Gasteiger partial charge < -0.3 is 10.3 Å². The van der Waals surface area contributed by atoms with E-state index >= 15 is 0 Å². The van der Waals surface area contributed by atoms with E-state index < -0.39 is 0 Å². The first-order valence-corrected chi connectivity index (χ1v) is 8.23. The number of rotatable bonds is 3. The van der Waals surface area contributed by atoms with Gasteiger partial charge in [0.15, 0.2) is 0 Å². The molecule has 4 nitrogen and oxygen atoms in total. The Hall–Kier alpha value is -3.47. The second-order valence-electron chi connectivity index (χ2n) is 6.09. The number of hydrogen-bond acceptors (Lipinski definition) is 2. The number of anilines is 1. The third-order valence-electron chi connectivity index (χ3n) is 4.24. The molecule has 128 valence electrons. The van der Waals surface area contributed by atoms with E-state index in [9.17, 15) is 9.18 Å². The lowest BCUT2D eigenvalue weighted by atomic mass is 10.1. The molecule has 1 heterocycles. The number of aromatic nitrogens is 2. The lowest BCUT2D eigenvalue weighted by Crippen LogP contribution is -2.12. The quantitative estimate of drug-likeness (QED) is 0.553. The van der Waals surface area contributed by atoms with E-state index in [0.717, 1.165) is 28.0 Å². The van der Waals surface area contributed by atoms with Gasteiger partial charge in [0.05, 0.1) is 11.0 Å². The number of aromatic amines is 1. The zero-order valence-electron chi connectivity index (χ0n) is 14.1. The Morgan fingerprint density at radius 2 is 1.81 bits per heavy atom. The Labute approximate surface area is 149 Å². The zero-order chi connectivity index (χ0) is 18.1. The standard InChI is InChI=1S/C21H16FN3O/c1-13-12-15(20-23-18-4-2-3-5-19(18)24-20)8-11-17(13)25-21(26)14-6-9-16(22)10-7-14/h2-12H,1H3,(H,23,24)(H,25,26). The van der Waals surface area contributed by atoms with Crippen molar-refractivity contribution in [3.05, 3.63) is 83.7 Å². The van der Waals surface area contributed by atoms with Crippen LogP contribution in [0.3, 0.4) is 0 Å². The Morgan fingerprint density at radius 1 is 1.04 bits per heavy atom. The number of imidazole rings is 1. The molecule has 0 saturated heterocycles. The number of amides is 1. The van der Waals surface area contributed by atoms with Crippen molar-refractivity contribution in [3.63, 3.8) is 0 Å². The van der Waals surface area contributed by atoms with Crippen LogP contribution in [0.4, 0.5) is 10.1 Å². The van der Waals surface area contributed by atoms with Crippen LogP contribution in [0, 0.1) is 12.7 Å². The fourth-order valence-electron chi connectivity index (χ4n) is 2.84. The second kappa shape index (κ2) is 6.44. The highest BCUT2D eigenvalue weighted by Gasteiger charge is 2.10. The van der Waals surface area contributed by atoms with Crippen molar-refractivity contribution in [1.29, 1.82) is 0 Å². The molecule has 4 aromatic rings. The highest BCUT2D eigenvalue weighted by molar-refractivity contribution is 6.04. The predicted molar refractivity (Wildman–Crippen MR) is 101 cm³/mol.